The largest absolute Gasteiger partial charge is 0.497 e. The Morgan fingerprint density at radius 3 is 2.43 bits per heavy atom. The highest BCUT2D eigenvalue weighted by molar-refractivity contribution is 5.93. The van der Waals surface area contributed by atoms with Crippen molar-refractivity contribution in [2.24, 2.45) is 0 Å². The second-order valence-electron chi connectivity index (χ2n) is 8.80. The Kier molecular flexibility index (Phi) is 5.98. The number of hydrogen-bond donors (Lipinski definition) is 1. The number of anilines is 2. The summed E-state index contributed by atoms with van der Waals surface area (Å²) in [6.07, 6.45) is 0. The lowest BCUT2D eigenvalue weighted by Gasteiger charge is -2.35. The van der Waals surface area contributed by atoms with E-state index in [9.17, 15) is 4.79 Å². The average Bonchev–Trinajstić information content (AvgIpc) is 3.23. The van der Waals surface area contributed by atoms with E-state index >= 15 is 0 Å². The lowest BCUT2D eigenvalue weighted by Crippen LogP contribution is -2.50. The molecule has 1 fully saturated rings. The number of fused-ring (bicyclic) bond motifs is 1. The molecule has 35 heavy (non-hydrogen) atoms. The van der Waals surface area contributed by atoms with Crippen LogP contribution >= 0.6 is 0 Å². The minimum Gasteiger partial charge on any atom is -0.497 e. The number of nitrogens with one attached hydrogen (secondary N) is 1. The first-order chi connectivity index (χ1) is 16.9. The molecule has 2 aromatic carbocycles. The van der Waals surface area contributed by atoms with E-state index in [0.29, 0.717) is 37.6 Å². The molecule has 1 aliphatic rings. The van der Waals surface area contributed by atoms with Gasteiger partial charge in [-0.3, -0.25) is 0 Å². The molecule has 180 valence electrons. The van der Waals surface area contributed by atoms with E-state index in [1.165, 1.54) is 5.56 Å². The molecule has 9 heteroatoms. The lowest BCUT2D eigenvalue weighted by atomic mass is 10.2. The maximum atomic E-state index is 12.8. The monoisotopic (exact) mass is 471 g/mol. The summed E-state index contributed by atoms with van der Waals surface area (Å²) >= 11 is 0. The van der Waals surface area contributed by atoms with Crippen molar-refractivity contribution >= 4 is 28.4 Å². The molecule has 0 saturated carbocycles. The van der Waals surface area contributed by atoms with Gasteiger partial charge in [-0.2, -0.15) is 10.2 Å². The van der Waals surface area contributed by atoms with Crippen molar-refractivity contribution in [3.05, 3.63) is 65.5 Å². The van der Waals surface area contributed by atoms with Gasteiger partial charge in [0.25, 0.3) is 0 Å². The quantitative estimate of drug-likeness (QED) is 0.482. The maximum Gasteiger partial charge on any atom is 0.321 e. The van der Waals surface area contributed by atoms with Crippen LogP contribution in [-0.4, -0.2) is 64.2 Å². The summed E-state index contributed by atoms with van der Waals surface area (Å²) in [5.74, 6) is 1.46. The zero-order valence-electron chi connectivity index (χ0n) is 20.4. The van der Waals surface area contributed by atoms with Crippen LogP contribution in [0.2, 0.25) is 0 Å². The number of urea groups is 1. The minimum atomic E-state index is -0.127. The second-order valence-corrected chi connectivity index (χ2v) is 8.80. The fraction of sp³-hybridized carbons (Fsp3) is 0.308. The van der Waals surface area contributed by atoms with Gasteiger partial charge < -0.3 is 19.9 Å². The van der Waals surface area contributed by atoms with Gasteiger partial charge in [-0.25, -0.2) is 9.48 Å². The molecule has 4 aromatic rings. The first kappa shape index (κ1) is 22.6. The standard InChI is InChI=1S/C26H29N7O2/c1-17-8-10-21(11-9-17)33-19(3)23-18(2)28-29-25(24(23)30-33)31-12-14-32(15-13-31)26(34)27-20-6-5-7-22(16-20)35-4/h5-11,16H,12-15H2,1-4H3,(H,27,34). The SMILES string of the molecule is COc1cccc(NC(=O)N2CCN(c3nnc(C)c4c(C)n(-c5ccc(C)cc5)nc34)CC2)c1. The zero-order chi connectivity index (χ0) is 24.5. The summed E-state index contributed by atoms with van der Waals surface area (Å²) in [5.41, 5.74) is 5.65. The van der Waals surface area contributed by atoms with Crippen molar-refractivity contribution in [1.29, 1.82) is 0 Å². The van der Waals surface area contributed by atoms with Gasteiger partial charge in [-0.05, 0) is 45.0 Å². The highest BCUT2D eigenvalue weighted by atomic mass is 16.5. The van der Waals surface area contributed by atoms with Gasteiger partial charge in [-0.15, -0.1) is 5.10 Å². The van der Waals surface area contributed by atoms with E-state index < -0.39 is 0 Å². The number of aromatic nitrogens is 4. The topological polar surface area (TPSA) is 88.4 Å². The van der Waals surface area contributed by atoms with Crippen molar-refractivity contribution in [1.82, 2.24) is 24.9 Å². The molecule has 2 amide bonds. The Bertz CT molecular complexity index is 1370. The fourth-order valence-electron chi connectivity index (χ4n) is 4.49. The van der Waals surface area contributed by atoms with Crippen LogP contribution in [0.4, 0.5) is 16.3 Å². The number of aryl methyl sites for hydroxylation is 3. The highest BCUT2D eigenvalue weighted by Crippen LogP contribution is 2.30. The highest BCUT2D eigenvalue weighted by Gasteiger charge is 2.26. The molecule has 9 nitrogen and oxygen atoms in total. The third-order valence-corrected chi connectivity index (χ3v) is 6.45. The summed E-state index contributed by atoms with van der Waals surface area (Å²) in [4.78, 5) is 16.8. The number of carbonyl (C=O) groups excluding carboxylic acids is 1. The van der Waals surface area contributed by atoms with Crippen LogP contribution in [0.3, 0.4) is 0 Å². The van der Waals surface area contributed by atoms with Gasteiger partial charge in [0.1, 0.15) is 11.3 Å². The molecule has 1 N–H and O–H groups in total. The van der Waals surface area contributed by atoms with Gasteiger partial charge in [0.2, 0.25) is 0 Å². The predicted molar refractivity (Wildman–Crippen MR) is 137 cm³/mol. The normalized spacial score (nSPS) is 13.8. The van der Waals surface area contributed by atoms with Gasteiger partial charge in [0.05, 0.1) is 29.6 Å². The van der Waals surface area contributed by atoms with Crippen LogP contribution in [0.1, 0.15) is 17.0 Å². The van der Waals surface area contributed by atoms with Crippen LogP contribution in [0.5, 0.6) is 5.75 Å². The average molecular weight is 472 g/mol. The van der Waals surface area contributed by atoms with Crippen LogP contribution < -0.4 is 15.0 Å². The number of ether oxygens (including phenoxy) is 1. The molecule has 1 saturated heterocycles. The van der Waals surface area contributed by atoms with Gasteiger partial charge in [-0.1, -0.05) is 23.8 Å². The number of rotatable bonds is 4. The van der Waals surface area contributed by atoms with Crippen molar-refractivity contribution in [3.8, 4) is 11.4 Å². The summed E-state index contributed by atoms with van der Waals surface area (Å²) in [5, 5.41) is 17.9. The molecule has 0 atom stereocenters. The number of carbonyl (C=O) groups is 1. The number of benzene rings is 2. The van der Waals surface area contributed by atoms with Crippen molar-refractivity contribution < 1.29 is 9.53 Å². The number of hydrogen-bond acceptors (Lipinski definition) is 6. The molecule has 5 rings (SSSR count). The first-order valence-electron chi connectivity index (χ1n) is 11.7. The van der Waals surface area contributed by atoms with E-state index in [1.807, 2.05) is 34.7 Å². The zero-order valence-corrected chi connectivity index (χ0v) is 20.4. The van der Waals surface area contributed by atoms with Crippen molar-refractivity contribution in [2.75, 3.05) is 43.5 Å². The van der Waals surface area contributed by atoms with E-state index in [1.54, 1.807) is 13.2 Å². The Labute approximate surface area is 204 Å². The first-order valence-corrected chi connectivity index (χ1v) is 11.7. The molecule has 0 aliphatic carbocycles. The van der Waals surface area contributed by atoms with E-state index in [0.717, 1.165) is 33.8 Å². The predicted octanol–water partition coefficient (Wildman–Crippen LogP) is 4.10. The molecular weight excluding hydrogens is 442 g/mol. The Morgan fingerprint density at radius 2 is 1.71 bits per heavy atom. The molecule has 0 bridgehead atoms. The third-order valence-electron chi connectivity index (χ3n) is 6.45. The second kappa shape index (κ2) is 9.25. The van der Waals surface area contributed by atoms with Gasteiger partial charge >= 0.3 is 6.03 Å². The van der Waals surface area contributed by atoms with Gasteiger partial charge in [0, 0.05) is 37.9 Å². The van der Waals surface area contributed by atoms with E-state index in [-0.39, 0.29) is 6.03 Å². The number of amides is 2. The van der Waals surface area contributed by atoms with Crippen LogP contribution in [-0.2, 0) is 0 Å². The summed E-state index contributed by atoms with van der Waals surface area (Å²) in [6.45, 7) is 8.55. The molecule has 0 unspecified atom stereocenters. The summed E-state index contributed by atoms with van der Waals surface area (Å²) in [6, 6.07) is 15.5. The minimum absolute atomic E-state index is 0.127. The van der Waals surface area contributed by atoms with Gasteiger partial charge in [0.15, 0.2) is 5.82 Å². The molecule has 0 radical (unpaired) electrons. The van der Waals surface area contributed by atoms with Crippen molar-refractivity contribution in [2.45, 2.75) is 20.8 Å². The summed E-state index contributed by atoms with van der Waals surface area (Å²) < 4.78 is 7.20. The van der Waals surface area contributed by atoms with Crippen LogP contribution in [0.15, 0.2) is 48.5 Å². The lowest BCUT2D eigenvalue weighted by molar-refractivity contribution is 0.208. The Balaban J connectivity index is 1.35. The van der Waals surface area contributed by atoms with E-state index in [4.69, 9.17) is 9.84 Å². The molecule has 2 aromatic heterocycles. The molecule has 0 spiro atoms. The molecular formula is C26H29N7O2. The Hall–Kier alpha value is -4.14. The maximum absolute atomic E-state index is 12.8. The summed E-state index contributed by atoms with van der Waals surface area (Å²) in [7, 11) is 1.61. The number of nitrogens with zero attached hydrogens (tertiary/aromatic N) is 6. The Morgan fingerprint density at radius 1 is 0.971 bits per heavy atom. The molecule has 1 aliphatic heterocycles. The fourth-order valence-corrected chi connectivity index (χ4v) is 4.49. The van der Waals surface area contributed by atoms with Crippen molar-refractivity contribution in [3.63, 3.8) is 0 Å². The number of methoxy groups -OCH3 is 1. The third kappa shape index (κ3) is 4.37. The van der Waals surface area contributed by atoms with Crippen LogP contribution in [0, 0.1) is 20.8 Å². The molecule has 3 heterocycles. The van der Waals surface area contributed by atoms with Crippen LogP contribution in [0.25, 0.3) is 16.6 Å². The van der Waals surface area contributed by atoms with E-state index in [2.05, 4.69) is 58.5 Å². The number of piperazine rings is 1. The smallest absolute Gasteiger partial charge is 0.321 e.